The van der Waals surface area contributed by atoms with E-state index in [1.807, 2.05) is 54.7 Å². The van der Waals surface area contributed by atoms with Crippen molar-refractivity contribution < 1.29 is 19.0 Å². The molecule has 38 heavy (non-hydrogen) atoms. The number of aromatic nitrogens is 1. The topological polar surface area (TPSA) is 83.7 Å². The lowest BCUT2D eigenvalue weighted by Gasteiger charge is -2.15. The van der Waals surface area contributed by atoms with Gasteiger partial charge in [-0.25, -0.2) is 0 Å². The van der Waals surface area contributed by atoms with E-state index in [2.05, 4.69) is 24.3 Å². The number of methoxy groups -OCH3 is 3. The molecular formula is C30H33ClN2O4S. The first-order chi connectivity index (χ1) is 17.8. The minimum absolute atomic E-state index is 0. The molecule has 0 saturated heterocycles. The molecule has 0 bridgehead atoms. The van der Waals surface area contributed by atoms with Crippen LogP contribution in [0.4, 0.5) is 0 Å². The molecule has 1 aromatic heterocycles. The van der Waals surface area contributed by atoms with Crippen LogP contribution in [0.5, 0.6) is 17.2 Å². The molecule has 0 aliphatic carbocycles. The number of rotatable bonds is 10. The SMILES string of the molecule is COc1ccc(CC(N)C(=O)Cc2cc(-c3cnsc3-c3cc(C)c(C)c(OC)c3)ccc2OC)cc1.Cl. The lowest BCUT2D eigenvalue weighted by molar-refractivity contribution is -0.119. The van der Waals surface area contributed by atoms with Crippen molar-refractivity contribution in [2.24, 2.45) is 5.73 Å². The second-order valence-corrected chi connectivity index (χ2v) is 9.82. The minimum Gasteiger partial charge on any atom is -0.497 e. The van der Waals surface area contributed by atoms with Gasteiger partial charge < -0.3 is 19.9 Å². The average Bonchev–Trinajstić information content (AvgIpc) is 3.40. The van der Waals surface area contributed by atoms with Gasteiger partial charge >= 0.3 is 0 Å². The smallest absolute Gasteiger partial charge is 0.154 e. The predicted molar refractivity (Wildman–Crippen MR) is 156 cm³/mol. The van der Waals surface area contributed by atoms with E-state index in [9.17, 15) is 4.79 Å². The van der Waals surface area contributed by atoms with E-state index < -0.39 is 6.04 Å². The largest absolute Gasteiger partial charge is 0.497 e. The van der Waals surface area contributed by atoms with Crippen LogP contribution in [0.3, 0.4) is 0 Å². The molecule has 4 aromatic rings. The number of Topliss-reactive ketones (excluding diaryl/α,β-unsaturated/α-hetero) is 1. The van der Waals surface area contributed by atoms with Gasteiger partial charge in [0.1, 0.15) is 17.2 Å². The highest BCUT2D eigenvalue weighted by Crippen LogP contribution is 2.39. The summed E-state index contributed by atoms with van der Waals surface area (Å²) in [6.45, 7) is 4.13. The fraction of sp³-hybridized carbons (Fsp3) is 0.267. The van der Waals surface area contributed by atoms with Crippen LogP contribution >= 0.6 is 23.9 Å². The Morgan fingerprint density at radius 2 is 1.63 bits per heavy atom. The molecule has 8 heteroatoms. The van der Waals surface area contributed by atoms with Gasteiger partial charge in [0.05, 0.1) is 32.2 Å². The molecule has 1 atom stereocenters. The van der Waals surface area contributed by atoms with Crippen LogP contribution in [0.2, 0.25) is 0 Å². The zero-order chi connectivity index (χ0) is 26.5. The Balaban J connectivity index is 0.00000400. The summed E-state index contributed by atoms with van der Waals surface area (Å²) in [5.41, 5.74) is 13.4. The molecule has 0 amide bonds. The van der Waals surface area contributed by atoms with Crippen LogP contribution in [0.25, 0.3) is 21.6 Å². The molecule has 1 unspecified atom stereocenters. The zero-order valence-electron chi connectivity index (χ0n) is 22.2. The normalized spacial score (nSPS) is 11.4. The Labute approximate surface area is 234 Å². The first-order valence-corrected chi connectivity index (χ1v) is 12.8. The molecular weight excluding hydrogens is 520 g/mol. The highest BCUT2D eigenvalue weighted by Gasteiger charge is 2.19. The second kappa shape index (κ2) is 12.9. The lowest BCUT2D eigenvalue weighted by atomic mass is 9.95. The van der Waals surface area contributed by atoms with E-state index in [0.29, 0.717) is 12.2 Å². The Morgan fingerprint density at radius 1 is 0.921 bits per heavy atom. The van der Waals surface area contributed by atoms with Crippen molar-refractivity contribution >= 4 is 29.7 Å². The van der Waals surface area contributed by atoms with Crippen LogP contribution in [0, 0.1) is 13.8 Å². The molecule has 0 aliphatic rings. The summed E-state index contributed by atoms with van der Waals surface area (Å²) in [4.78, 5) is 14.1. The van der Waals surface area contributed by atoms with Crippen molar-refractivity contribution in [3.05, 3.63) is 83.0 Å². The predicted octanol–water partition coefficient (Wildman–Crippen LogP) is 6.22. The molecule has 1 heterocycles. The third-order valence-electron chi connectivity index (χ3n) is 6.66. The van der Waals surface area contributed by atoms with Crippen molar-refractivity contribution in [2.75, 3.05) is 21.3 Å². The van der Waals surface area contributed by atoms with Crippen molar-refractivity contribution in [3.63, 3.8) is 0 Å². The van der Waals surface area contributed by atoms with Crippen molar-refractivity contribution in [3.8, 4) is 38.8 Å². The Hall–Kier alpha value is -3.39. The summed E-state index contributed by atoms with van der Waals surface area (Å²) in [5, 5.41) is 0. The summed E-state index contributed by atoms with van der Waals surface area (Å²) < 4.78 is 20.9. The Morgan fingerprint density at radius 3 is 2.29 bits per heavy atom. The number of carbonyl (C=O) groups excluding carboxylic acids is 1. The number of hydrogen-bond donors (Lipinski definition) is 1. The third-order valence-corrected chi connectivity index (χ3v) is 7.51. The Bertz CT molecular complexity index is 1400. The zero-order valence-corrected chi connectivity index (χ0v) is 23.9. The van der Waals surface area contributed by atoms with Gasteiger partial charge in [-0.3, -0.25) is 4.79 Å². The van der Waals surface area contributed by atoms with E-state index >= 15 is 0 Å². The molecule has 4 rings (SSSR count). The van der Waals surface area contributed by atoms with Crippen LogP contribution in [-0.2, 0) is 17.6 Å². The van der Waals surface area contributed by atoms with Crippen LogP contribution in [0.1, 0.15) is 22.3 Å². The number of halogens is 1. The summed E-state index contributed by atoms with van der Waals surface area (Å²) >= 11 is 1.44. The number of ketones is 1. The molecule has 200 valence electrons. The van der Waals surface area contributed by atoms with E-state index in [1.165, 1.54) is 11.5 Å². The molecule has 0 saturated carbocycles. The maximum absolute atomic E-state index is 13.1. The highest BCUT2D eigenvalue weighted by atomic mass is 35.5. The number of benzene rings is 3. The number of nitrogens with zero attached hydrogens (tertiary/aromatic N) is 1. The number of hydrogen-bond acceptors (Lipinski definition) is 7. The van der Waals surface area contributed by atoms with Gasteiger partial charge in [-0.1, -0.05) is 24.3 Å². The standard InChI is InChI=1S/C30H32N2O4S.ClH/c1-18-12-23(16-29(36-5)19(18)2)30-25(17-32-37-30)21-8-11-28(35-4)22(14-21)15-27(33)26(31)13-20-6-9-24(34-3)10-7-20;/h6-12,14,16-17,26H,13,15,31H2,1-5H3;1H. The van der Waals surface area contributed by atoms with Gasteiger partial charge in [-0.05, 0) is 89.9 Å². The number of aryl methyl sites for hydroxylation is 1. The molecule has 2 N–H and O–H groups in total. The summed E-state index contributed by atoms with van der Waals surface area (Å²) in [5.74, 6) is 2.23. The molecule has 3 aromatic carbocycles. The van der Waals surface area contributed by atoms with E-state index in [-0.39, 0.29) is 24.6 Å². The molecule has 0 radical (unpaired) electrons. The molecule has 0 fully saturated rings. The number of ether oxygens (including phenoxy) is 3. The molecule has 0 aliphatic heterocycles. The monoisotopic (exact) mass is 552 g/mol. The van der Waals surface area contributed by atoms with Crippen molar-refractivity contribution in [1.29, 1.82) is 0 Å². The van der Waals surface area contributed by atoms with E-state index in [4.69, 9.17) is 19.9 Å². The molecule has 0 spiro atoms. The lowest BCUT2D eigenvalue weighted by Crippen LogP contribution is -2.34. The number of nitrogens with two attached hydrogens (primary N) is 1. The van der Waals surface area contributed by atoms with E-state index in [0.717, 1.165) is 55.3 Å². The van der Waals surface area contributed by atoms with Gasteiger partial charge in [-0.2, -0.15) is 4.37 Å². The quantitative estimate of drug-likeness (QED) is 0.251. The summed E-state index contributed by atoms with van der Waals surface area (Å²) in [6, 6.07) is 17.1. The molecule has 6 nitrogen and oxygen atoms in total. The summed E-state index contributed by atoms with van der Waals surface area (Å²) in [7, 11) is 4.92. The maximum atomic E-state index is 13.1. The van der Waals surface area contributed by atoms with Crippen molar-refractivity contribution in [1.82, 2.24) is 4.37 Å². The fourth-order valence-corrected chi connectivity index (χ4v) is 5.11. The van der Waals surface area contributed by atoms with Gasteiger partial charge in [0.15, 0.2) is 5.78 Å². The van der Waals surface area contributed by atoms with Crippen LogP contribution in [0.15, 0.2) is 60.8 Å². The van der Waals surface area contributed by atoms with Gasteiger partial charge in [0, 0.05) is 23.7 Å². The minimum atomic E-state index is -0.622. The van der Waals surface area contributed by atoms with Crippen LogP contribution < -0.4 is 19.9 Å². The highest BCUT2D eigenvalue weighted by molar-refractivity contribution is 7.10. The second-order valence-electron chi connectivity index (χ2n) is 9.02. The average molecular weight is 553 g/mol. The third kappa shape index (κ3) is 6.35. The van der Waals surface area contributed by atoms with Crippen LogP contribution in [-0.4, -0.2) is 37.5 Å². The first kappa shape index (κ1) is 29.2. The van der Waals surface area contributed by atoms with Gasteiger partial charge in [-0.15, -0.1) is 12.4 Å². The van der Waals surface area contributed by atoms with Crippen molar-refractivity contribution in [2.45, 2.75) is 32.7 Å². The summed E-state index contributed by atoms with van der Waals surface area (Å²) in [6.07, 6.45) is 2.50. The number of carbonyl (C=O) groups is 1. The maximum Gasteiger partial charge on any atom is 0.154 e. The Kier molecular flexibility index (Phi) is 9.91. The van der Waals surface area contributed by atoms with Gasteiger partial charge in [0.25, 0.3) is 0 Å². The van der Waals surface area contributed by atoms with E-state index in [1.54, 1.807) is 21.3 Å². The first-order valence-electron chi connectivity index (χ1n) is 12.0. The van der Waals surface area contributed by atoms with Gasteiger partial charge in [0.2, 0.25) is 0 Å². The fourth-order valence-electron chi connectivity index (χ4n) is 4.36.